The van der Waals surface area contributed by atoms with Crippen LogP contribution in [0.25, 0.3) is 0 Å². The maximum atomic E-state index is 11.3. The largest absolute Gasteiger partial charge is 0.478 e. The van der Waals surface area contributed by atoms with Gasteiger partial charge in [0.25, 0.3) is 11.1 Å². The molecule has 15 heteroatoms. The summed E-state index contributed by atoms with van der Waals surface area (Å²) in [5.41, 5.74) is 0.295. The smallest absolute Gasteiger partial charge is 0.337 e. The van der Waals surface area contributed by atoms with E-state index in [9.17, 15) is 28.2 Å². The number of H-pyrrole nitrogens is 2. The third-order valence-electron chi connectivity index (χ3n) is 3.58. The molecule has 0 aliphatic carbocycles. The Balaban J connectivity index is 0.000000265. The molecule has 0 aliphatic rings. The van der Waals surface area contributed by atoms with Crippen LogP contribution in [0.3, 0.4) is 0 Å². The standard InChI is InChI=1S/C8H10N2O2.C6H3Cl2NO3S.C6H5NO3/c1-10(2)8(12)6-3-4-7(11)9-5-6;7-6(10)4-1-2-5(9-3-4)12-13(8)11;8-5-2-1-4(3-7-5)6(9)10/h3-5H,1-2H3,(H,9,11);1-3H;1-3H,(H,7,8)(H,9,10). The lowest BCUT2D eigenvalue weighted by Gasteiger charge is -2.08. The molecule has 0 bridgehead atoms. The van der Waals surface area contributed by atoms with E-state index in [2.05, 4.69) is 19.1 Å². The molecule has 0 fully saturated rings. The zero-order valence-electron chi connectivity index (χ0n) is 18.1. The van der Waals surface area contributed by atoms with Gasteiger partial charge < -0.3 is 24.2 Å². The molecule has 0 radical (unpaired) electrons. The van der Waals surface area contributed by atoms with Crippen molar-refractivity contribution in [3.05, 3.63) is 92.4 Å². The van der Waals surface area contributed by atoms with Crippen molar-refractivity contribution in [1.82, 2.24) is 19.9 Å². The number of nitrogens with one attached hydrogen (secondary N) is 2. The number of carboxylic acids is 1. The van der Waals surface area contributed by atoms with Crippen molar-refractivity contribution in [2.45, 2.75) is 0 Å². The highest BCUT2D eigenvalue weighted by Crippen LogP contribution is 2.11. The van der Waals surface area contributed by atoms with Gasteiger partial charge in [-0.1, -0.05) is 0 Å². The highest BCUT2D eigenvalue weighted by Gasteiger charge is 2.06. The Morgan fingerprint density at radius 2 is 1.46 bits per heavy atom. The highest BCUT2D eigenvalue weighted by atomic mass is 35.7. The Morgan fingerprint density at radius 1 is 0.943 bits per heavy atom. The molecule has 0 saturated carbocycles. The molecule has 0 saturated heterocycles. The Morgan fingerprint density at radius 3 is 1.80 bits per heavy atom. The van der Waals surface area contributed by atoms with Crippen LogP contribution in [0.4, 0.5) is 0 Å². The van der Waals surface area contributed by atoms with E-state index >= 15 is 0 Å². The molecule has 12 nitrogen and oxygen atoms in total. The van der Waals surface area contributed by atoms with E-state index in [1.54, 1.807) is 14.1 Å². The molecule has 1 unspecified atom stereocenters. The van der Waals surface area contributed by atoms with Crippen LogP contribution < -0.4 is 15.3 Å². The summed E-state index contributed by atoms with van der Waals surface area (Å²) in [6.07, 6.45) is 3.77. The zero-order chi connectivity index (χ0) is 26.5. The Hall–Kier alpha value is -3.81. The molecule has 1 amide bonds. The molecular formula is C20H18Cl2N4O8S. The highest BCUT2D eigenvalue weighted by molar-refractivity contribution is 8.04. The summed E-state index contributed by atoms with van der Waals surface area (Å²) in [7, 11) is 6.41. The van der Waals surface area contributed by atoms with Crippen molar-refractivity contribution in [3.8, 4) is 5.88 Å². The van der Waals surface area contributed by atoms with E-state index in [0.29, 0.717) is 5.56 Å². The van der Waals surface area contributed by atoms with E-state index in [-0.39, 0.29) is 34.0 Å². The number of pyridine rings is 3. The second-order valence-electron chi connectivity index (χ2n) is 6.32. The van der Waals surface area contributed by atoms with Crippen LogP contribution in [-0.4, -0.2) is 60.4 Å². The first-order valence-corrected chi connectivity index (χ1v) is 11.4. The number of hydrogen-bond donors (Lipinski definition) is 3. The van der Waals surface area contributed by atoms with E-state index in [1.807, 2.05) is 0 Å². The van der Waals surface area contributed by atoms with Gasteiger partial charge in [0.15, 0.2) is 0 Å². The number of amides is 1. The normalized spacial score (nSPS) is 10.4. The molecule has 35 heavy (non-hydrogen) atoms. The molecule has 3 N–H and O–H groups in total. The zero-order valence-corrected chi connectivity index (χ0v) is 20.4. The summed E-state index contributed by atoms with van der Waals surface area (Å²) in [6, 6.07) is 7.99. The van der Waals surface area contributed by atoms with Gasteiger partial charge in [0.2, 0.25) is 17.0 Å². The average Bonchev–Trinajstić information content (AvgIpc) is 2.80. The van der Waals surface area contributed by atoms with Crippen LogP contribution in [0.2, 0.25) is 0 Å². The van der Waals surface area contributed by atoms with Crippen LogP contribution in [0.1, 0.15) is 31.1 Å². The Bertz CT molecular complexity index is 1270. The minimum atomic E-state index is -1.94. The number of aromatic amines is 2. The number of rotatable bonds is 5. The monoisotopic (exact) mass is 544 g/mol. The number of nitrogens with zero attached hydrogens (tertiary/aromatic N) is 2. The molecule has 0 aromatic carbocycles. The summed E-state index contributed by atoms with van der Waals surface area (Å²) >= 11 is 5.16. The number of carboxylic acid groups (broad SMARTS) is 1. The van der Waals surface area contributed by atoms with Crippen molar-refractivity contribution in [3.63, 3.8) is 0 Å². The summed E-state index contributed by atoms with van der Waals surface area (Å²) in [6.45, 7) is 0. The van der Waals surface area contributed by atoms with Crippen molar-refractivity contribution < 1.29 is 27.9 Å². The number of carbonyl (C=O) groups excluding carboxylic acids is 2. The van der Waals surface area contributed by atoms with Gasteiger partial charge in [0.1, 0.15) is 0 Å². The van der Waals surface area contributed by atoms with Gasteiger partial charge in [-0.05, 0) is 29.8 Å². The molecule has 186 valence electrons. The van der Waals surface area contributed by atoms with Crippen LogP contribution in [-0.2, 0) is 10.3 Å². The third kappa shape index (κ3) is 11.2. The number of carbonyl (C=O) groups is 3. The fourth-order valence-electron chi connectivity index (χ4n) is 1.96. The lowest BCUT2D eigenvalue weighted by atomic mass is 10.2. The van der Waals surface area contributed by atoms with Gasteiger partial charge in [-0.3, -0.25) is 19.2 Å². The third-order valence-corrected chi connectivity index (χ3v) is 4.29. The van der Waals surface area contributed by atoms with Gasteiger partial charge in [-0.25, -0.2) is 9.78 Å². The molecule has 0 spiro atoms. The Kier molecular flexibility index (Phi) is 12.1. The lowest BCUT2D eigenvalue weighted by molar-refractivity contribution is 0.0695. The maximum Gasteiger partial charge on any atom is 0.337 e. The van der Waals surface area contributed by atoms with Crippen molar-refractivity contribution in [2.75, 3.05) is 14.1 Å². The minimum Gasteiger partial charge on any atom is -0.478 e. The number of hydrogen-bond acceptors (Lipinski definition) is 8. The molecular weight excluding hydrogens is 527 g/mol. The summed E-state index contributed by atoms with van der Waals surface area (Å²) in [4.78, 5) is 62.8. The molecule has 3 aromatic rings. The summed E-state index contributed by atoms with van der Waals surface area (Å²) < 4.78 is 14.9. The number of halogens is 2. The predicted octanol–water partition coefficient (Wildman–Crippen LogP) is 1.81. The van der Waals surface area contributed by atoms with Gasteiger partial charge >= 0.3 is 16.3 Å². The van der Waals surface area contributed by atoms with Crippen LogP contribution >= 0.6 is 22.3 Å². The fraction of sp³-hybridized carbons (Fsp3) is 0.100. The van der Waals surface area contributed by atoms with Crippen molar-refractivity contribution in [1.29, 1.82) is 0 Å². The lowest BCUT2D eigenvalue weighted by Crippen LogP contribution is -2.22. The second-order valence-corrected chi connectivity index (χ2v) is 7.98. The van der Waals surface area contributed by atoms with E-state index in [0.717, 1.165) is 6.20 Å². The first-order valence-electron chi connectivity index (χ1n) is 9.15. The van der Waals surface area contributed by atoms with E-state index in [1.165, 1.54) is 53.7 Å². The quantitative estimate of drug-likeness (QED) is 0.403. The van der Waals surface area contributed by atoms with Gasteiger partial charge in [-0.2, -0.15) is 4.21 Å². The minimum absolute atomic E-state index is 0.0648. The van der Waals surface area contributed by atoms with Crippen molar-refractivity contribution in [2.24, 2.45) is 0 Å². The van der Waals surface area contributed by atoms with E-state index in [4.69, 9.17) is 27.4 Å². The van der Waals surface area contributed by atoms with Crippen LogP contribution in [0, 0.1) is 0 Å². The summed E-state index contributed by atoms with van der Waals surface area (Å²) in [5.74, 6) is -1.10. The number of aromatic carboxylic acids is 1. The second kappa shape index (κ2) is 14.5. The van der Waals surface area contributed by atoms with Gasteiger partial charge in [0, 0.05) is 61.6 Å². The predicted molar refractivity (Wildman–Crippen MR) is 128 cm³/mol. The fourth-order valence-corrected chi connectivity index (χ4v) is 2.50. The molecule has 3 heterocycles. The van der Waals surface area contributed by atoms with Gasteiger partial charge in [0.05, 0.1) is 16.7 Å². The topological polar surface area (TPSA) is 180 Å². The molecule has 0 aliphatic heterocycles. The number of aromatic nitrogens is 3. The first-order chi connectivity index (χ1) is 16.4. The van der Waals surface area contributed by atoms with Gasteiger partial charge in [-0.15, -0.1) is 0 Å². The molecule has 3 aromatic heterocycles. The SMILES string of the molecule is CN(C)C(=O)c1ccc(=O)[nH]c1.O=C(Cl)c1ccc(OS(=O)Cl)nc1.O=C(O)c1ccc(=O)[nH]c1. The van der Waals surface area contributed by atoms with Crippen molar-refractivity contribution >= 4 is 49.7 Å². The first kappa shape index (κ1) is 29.2. The molecule has 3 rings (SSSR count). The summed E-state index contributed by atoms with van der Waals surface area (Å²) in [5, 5.41) is 7.73. The van der Waals surface area contributed by atoms with Crippen LogP contribution in [0.15, 0.2) is 64.6 Å². The molecule has 1 atom stereocenters. The van der Waals surface area contributed by atoms with E-state index < -0.39 is 21.5 Å². The van der Waals surface area contributed by atoms with Crippen LogP contribution in [0.5, 0.6) is 5.88 Å². The average molecular weight is 545 g/mol. The Labute approximate surface area is 209 Å². The maximum absolute atomic E-state index is 11.3.